The molecule has 1 aliphatic heterocycles. The Bertz CT molecular complexity index is 414. The maximum absolute atomic E-state index is 11.5. The molecule has 0 aromatic heterocycles. The molecule has 0 bridgehead atoms. The van der Waals surface area contributed by atoms with Gasteiger partial charge in [0.1, 0.15) is 0 Å². The minimum atomic E-state index is -0.283. The Morgan fingerprint density at radius 3 is 2.71 bits per heavy atom. The van der Waals surface area contributed by atoms with Crippen LogP contribution in [0, 0.1) is 0 Å². The number of benzene rings is 1. The van der Waals surface area contributed by atoms with Crippen molar-refractivity contribution in [2.45, 2.75) is 19.4 Å². The Balaban J connectivity index is 2.15. The first kappa shape index (κ1) is 12.6. The average Bonchev–Trinajstić information content (AvgIpc) is 2.80. The van der Waals surface area contributed by atoms with Crippen molar-refractivity contribution < 1.29 is 9.53 Å². The van der Waals surface area contributed by atoms with Crippen molar-refractivity contribution in [2.75, 3.05) is 20.2 Å². The molecule has 92 valence electrons. The molecule has 1 heterocycles. The van der Waals surface area contributed by atoms with E-state index in [-0.39, 0.29) is 5.97 Å². The van der Waals surface area contributed by atoms with E-state index in [1.54, 1.807) is 6.07 Å². The van der Waals surface area contributed by atoms with Gasteiger partial charge >= 0.3 is 5.97 Å². The summed E-state index contributed by atoms with van der Waals surface area (Å²) in [6.07, 6.45) is 2.55. The molecule has 17 heavy (non-hydrogen) atoms. The highest BCUT2D eigenvalue weighted by molar-refractivity contribution is 9.10. The Hall–Kier alpha value is -0.870. The maximum atomic E-state index is 11.5. The van der Waals surface area contributed by atoms with Crippen LogP contribution in [0.4, 0.5) is 0 Å². The first-order valence-corrected chi connectivity index (χ1v) is 6.58. The van der Waals surface area contributed by atoms with E-state index in [0.717, 1.165) is 29.7 Å². The van der Waals surface area contributed by atoms with Crippen LogP contribution in [0.2, 0.25) is 0 Å². The number of likely N-dealkylation sites (tertiary alicyclic amines) is 1. The van der Waals surface area contributed by atoms with Crippen LogP contribution in [0.5, 0.6) is 0 Å². The Labute approximate surface area is 110 Å². The van der Waals surface area contributed by atoms with Crippen LogP contribution in [0.15, 0.2) is 22.7 Å². The number of ether oxygens (including phenoxy) is 1. The number of methoxy groups -OCH3 is 1. The molecule has 1 aromatic carbocycles. The molecule has 0 unspecified atom stereocenters. The summed E-state index contributed by atoms with van der Waals surface area (Å²) in [5, 5.41) is 0. The first-order chi connectivity index (χ1) is 8.19. The normalized spacial score (nSPS) is 16.1. The van der Waals surface area contributed by atoms with E-state index < -0.39 is 0 Å². The molecular formula is C13H16BrNO2. The lowest BCUT2D eigenvalue weighted by molar-refractivity contribution is 0.0600. The van der Waals surface area contributed by atoms with Crippen molar-refractivity contribution in [3.63, 3.8) is 0 Å². The standard InChI is InChI=1S/C13H16BrNO2/c1-17-13(16)11-6-10(7-12(14)8-11)9-15-4-2-3-5-15/h6-8H,2-5,9H2,1H3. The molecule has 2 rings (SSSR count). The Kier molecular flexibility index (Phi) is 4.18. The van der Waals surface area contributed by atoms with Gasteiger partial charge in [-0.05, 0) is 49.7 Å². The monoisotopic (exact) mass is 297 g/mol. The molecule has 1 saturated heterocycles. The average molecular weight is 298 g/mol. The minimum Gasteiger partial charge on any atom is -0.465 e. The highest BCUT2D eigenvalue weighted by atomic mass is 79.9. The predicted octanol–water partition coefficient (Wildman–Crippen LogP) is 2.83. The van der Waals surface area contributed by atoms with Crippen molar-refractivity contribution >= 4 is 21.9 Å². The van der Waals surface area contributed by atoms with Crippen molar-refractivity contribution in [1.82, 2.24) is 4.90 Å². The quantitative estimate of drug-likeness (QED) is 0.804. The van der Waals surface area contributed by atoms with Gasteiger partial charge in [-0.2, -0.15) is 0 Å². The second kappa shape index (κ2) is 5.65. The Morgan fingerprint density at radius 2 is 2.06 bits per heavy atom. The number of halogens is 1. The molecule has 3 nitrogen and oxygen atoms in total. The number of hydrogen-bond donors (Lipinski definition) is 0. The summed E-state index contributed by atoms with van der Waals surface area (Å²) in [7, 11) is 1.41. The molecule has 0 N–H and O–H groups in total. The fourth-order valence-corrected chi connectivity index (χ4v) is 2.72. The molecule has 0 aliphatic carbocycles. The van der Waals surface area contributed by atoms with Gasteiger partial charge < -0.3 is 4.74 Å². The lowest BCUT2D eigenvalue weighted by atomic mass is 10.1. The smallest absolute Gasteiger partial charge is 0.337 e. The van der Waals surface area contributed by atoms with Gasteiger partial charge in [-0.25, -0.2) is 4.79 Å². The van der Waals surface area contributed by atoms with Gasteiger partial charge in [0.15, 0.2) is 0 Å². The van der Waals surface area contributed by atoms with Crippen LogP contribution in [0.25, 0.3) is 0 Å². The summed E-state index contributed by atoms with van der Waals surface area (Å²) < 4.78 is 5.67. The van der Waals surface area contributed by atoms with E-state index >= 15 is 0 Å². The zero-order valence-electron chi connectivity index (χ0n) is 9.91. The molecule has 0 amide bonds. The van der Waals surface area contributed by atoms with Gasteiger partial charge in [-0.1, -0.05) is 15.9 Å². The number of esters is 1. The molecule has 0 radical (unpaired) electrons. The number of rotatable bonds is 3. The van der Waals surface area contributed by atoms with Gasteiger partial charge in [0.2, 0.25) is 0 Å². The molecular weight excluding hydrogens is 282 g/mol. The van der Waals surface area contributed by atoms with Crippen molar-refractivity contribution in [3.05, 3.63) is 33.8 Å². The van der Waals surface area contributed by atoms with Crippen LogP contribution in [0.1, 0.15) is 28.8 Å². The molecule has 0 saturated carbocycles. The van der Waals surface area contributed by atoms with E-state index in [2.05, 4.69) is 26.9 Å². The third-order valence-corrected chi connectivity index (χ3v) is 3.44. The molecule has 0 atom stereocenters. The molecule has 4 heteroatoms. The van der Waals surface area contributed by atoms with E-state index in [1.807, 2.05) is 6.07 Å². The molecule has 1 fully saturated rings. The fourth-order valence-electron chi connectivity index (χ4n) is 2.18. The zero-order valence-corrected chi connectivity index (χ0v) is 11.5. The van der Waals surface area contributed by atoms with Gasteiger partial charge in [0.25, 0.3) is 0 Å². The van der Waals surface area contributed by atoms with Crippen molar-refractivity contribution in [3.8, 4) is 0 Å². The second-order valence-corrected chi connectivity index (χ2v) is 5.24. The summed E-state index contributed by atoms with van der Waals surface area (Å²) in [5.74, 6) is -0.283. The Morgan fingerprint density at radius 1 is 1.35 bits per heavy atom. The highest BCUT2D eigenvalue weighted by Crippen LogP contribution is 2.19. The first-order valence-electron chi connectivity index (χ1n) is 5.79. The summed E-state index contributed by atoms with van der Waals surface area (Å²) >= 11 is 3.43. The predicted molar refractivity (Wildman–Crippen MR) is 70.0 cm³/mol. The minimum absolute atomic E-state index is 0.283. The largest absolute Gasteiger partial charge is 0.465 e. The summed E-state index contributed by atoms with van der Waals surface area (Å²) in [4.78, 5) is 13.9. The van der Waals surface area contributed by atoms with E-state index in [9.17, 15) is 4.79 Å². The topological polar surface area (TPSA) is 29.5 Å². The molecule has 0 spiro atoms. The third-order valence-electron chi connectivity index (χ3n) is 2.98. The van der Waals surface area contributed by atoms with E-state index in [4.69, 9.17) is 4.74 Å². The summed E-state index contributed by atoms with van der Waals surface area (Å²) in [6.45, 7) is 3.21. The second-order valence-electron chi connectivity index (χ2n) is 4.32. The van der Waals surface area contributed by atoms with Crippen molar-refractivity contribution in [2.24, 2.45) is 0 Å². The number of carbonyl (C=O) groups is 1. The van der Waals surface area contributed by atoms with Crippen LogP contribution >= 0.6 is 15.9 Å². The number of hydrogen-bond acceptors (Lipinski definition) is 3. The lowest BCUT2D eigenvalue weighted by Gasteiger charge is -2.15. The van der Waals surface area contributed by atoms with Crippen LogP contribution in [-0.4, -0.2) is 31.1 Å². The van der Waals surface area contributed by atoms with Crippen LogP contribution in [-0.2, 0) is 11.3 Å². The molecule has 1 aromatic rings. The van der Waals surface area contributed by atoms with Crippen LogP contribution in [0.3, 0.4) is 0 Å². The third kappa shape index (κ3) is 3.30. The van der Waals surface area contributed by atoms with Gasteiger partial charge in [-0.3, -0.25) is 4.90 Å². The molecule has 1 aliphatic rings. The summed E-state index contributed by atoms with van der Waals surface area (Å²) in [5.41, 5.74) is 1.76. The number of nitrogens with zero attached hydrogens (tertiary/aromatic N) is 1. The van der Waals surface area contributed by atoms with E-state index in [0.29, 0.717) is 5.56 Å². The van der Waals surface area contributed by atoms with E-state index in [1.165, 1.54) is 20.0 Å². The fraction of sp³-hybridized carbons (Fsp3) is 0.462. The van der Waals surface area contributed by atoms with Gasteiger partial charge in [0.05, 0.1) is 12.7 Å². The van der Waals surface area contributed by atoms with Gasteiger partial charge in [0, 0.05) is 11.0 Å². The number of carbonyl (C=O) groups excluding carboxylic acids is 1. The van der Waals surface area contributed by atoms with Gasteiger partial charge in [-0.15, -0.1) is 0 Å². The zero-order chi connectivity index (χ0) is 12.3. The highest BCUT2D eigenvalue weighted by Gasteiger charge is 2.14. The summed E-state index contributed by atoms with van der Waals surface area (Å²) in [6, 6.07) is 5.76. The SMILES string of the molecule is COC(=O)c1cc(Br)cc(CN2CCCC2)c1. The maximum Gasteiger partial charge on any atom is 0.337 e. The van der Waals surface area contributed by atoms with Crippen LogP contribution < -0.4 is 0 Å². The lowest BCUT2D eigenvalue weighted by Crippen LogP contribution is -2.18. The van der Waals surface area contributed by atoms with Crippen molar-refractivity contribution in [1.29, 1.82) is 0 Å².